The van der Waals surface area contributed by atoms with Gasteiger partial charge in [0, 0.05) is 25.7 Å². The van der Waals surface area contributed by atoms with E-state index in [1.54, 1.807) is 18.2 Å². The molecule has 1 fully saturated rings. The van der Waals surface area contributed by atoms with Crippen LogP contribution >= 0.6 is 0 Å². The van der Waals surface area contributed by atoms with E-state index in [1.165, 1.54) is 0 Å². The Labute approximate surface area is 145 Å². The maximum atomic E-state index is 12.3. The molecule has 1 aliphatic heterocycles. The summed E-state index contributed by atoms with van der Waals surface area (Å²) in [4.78, 5) is 16.7. The number of hydrogen-bond acceptors (Lipinski definition) is 3. The van der Waals surface area contributed by atoms with Gasteiger partial charge in [-0.1, -0.05) is 26.0 Å². The molecule has 0 aliphatic carbocycles. The van der Waals surface area contributed by atoms with Gasteiger partial charge in [0.2, 0.25) is 5.91 Å². The van der Waals surface area contributed by atoms with Crippen molar-refractivity contribution >= 4 is 12.0 Å². The lowest BCUT2D eigenvalue weighted by Gasteiger charge is -2.34. The molecule has 1 amide bonds. The van der Waals surface area contributed by atoms with Crippen molar-refractivity contribution in [2.24, 2.45) is 5.92 Å². The molecule has 128 valence electrons. The van der Waals surface area contributed by atoms with Crippen LogP contribution in [0.4, 0.5) is 0 Å². The topological polar surface area (TPSA) is 47.3 Å². The molecule has 0 atom stereocenters. The fourth-order valence-electron chi connectivity index (χ4n) is 3.12. The SMILES string of the molecule is CCN(CC)CC1CCN(C(=O)C=Cc2ccc(C#N)cc2)CC1. The highest BCUT2D eigenvalue weighted by molar-refractivity contribution is 5.91. The Morgan fingerprint density at radius 2 is 1.88 bits per heavy atom. The summed E-state index contributed by atoms with van der Waals surface area (Å²) in [5.74, 6) is 0.789. The Morgan fingerprint density at radius 3 is 2.42 bits per heavy atom. The average Bonchev–Trinajstić information content (AvgIpc) is 2.65. The highest BCUT2D eigenvalue weighted by Gasteiger charge is 2.22. The number of rotatable bonds is 6. The smallest absolute Gasteiger partial charge is 0.246 e. The summed E-state index contributed by atoms with van der Waals surface area (Å²) in [5.41, 5.74) is 1.58. The highest BCUT2D eigenvalue weighted by atomic mass is 16.2. The van der Waals surface area contributed by atoms with Crippen LogP contribution < -0.4 is 0 Å². The van der Waals surface area contributed by atoms with Crippen molar-refractivity contribution in [3.63, 3.8) is 0 Å². The third-order valence-corrected chi connectivity index (χ3v) is 4.80. The minimum atomic E-state index is 0.0839. The Kier molecular flexibility index (Phi) is 7.02. The van der Waals surface area contributed by atoms with Crippen LogP contribution in [-0.2, 0) is 4.79 Å². The van der Waals surface area contributed by atoms with Crippen molar-refractivity contribution < 1.29 is 4.79 Å². The van der Waals surface area contributed by atoms with Crippen LogP contribution in [-0.4, -0.2) is 48.4 Å². The molecule has 0 unspecified atom stereocenters. The molecule has 0 bridgehead atoms. The first kappa shape index (κ1) is 18.2. The molecular weight excluding hydrogens is 298 g/mol. The number of hydrogen-bond donors (Lipinski definition) is 0. The van der Waals surface area contributed by atoms with Gasteiger partial charge in [-0.15, -0.1) is 0 Å². The number of carbonyl (C=O) groups excluding carboxylic acids is 1. The molecule has 0 spiro atoms. The number of amides is 1. The quantitative estimate of drug-likeness (QED) is 0.755. The minimum Gasteiger partial charge on any atom is -0.339 e. The molecule has 2 rings (SSSR count). The zero-order valence-electron chi connectivity index (χ0n) is 14.7. The van der Waals surface area contributed by atoms with E-state index in [4.69, 9.17) is 5.26 Å². The second-order valence-corrected chi connectivity index (χ2v) is 6.32. The predicted octanol–water partition coefficient (Wildman–Crippen LogP) is 3.15. The zero-order valence-corrected chi connectivity index (χ0v) is 14.7. The van der Waals surface area contributed by atoms with E-state index in [0.717, 1.165) is 51.1 Å². The molecular formula is C20H27N3O. The lowest BCUT2D eigenvalue weighted by Crippen LogP contribution is -2.41. The maximum Gasteiger partial charge on any atom is 0.246 e. The van der Waals surface area contributed by atoms with E-state index in [-0.39, 0.29) is 5.91 Å². The number of piperidine rings is 1. The van der Waals surface area contributed by atoms with Gasteiger partial charge in [0.1, 0.15) is 0 Å². The summed E-state index contributed by atoms with van der Waals surface area (Å²) in [7, 11) is 0. The third-order valence-electron chi connectivity index (χ3n) is 4.80. The van der Waals surface area contributed by atoms with Gasteiger partial charge in [-0.05, 0) is 55.6 Å². The van der Waals surface area contributed by atoms with Crippen LogP contribution in [0.25, 0.3) is 6.08 Å². The number of nitrogens with zero attached hydrogens (tertiary/aromatic N) is 3. The maximum absolute atomic E-state index is 12.3. The molecule has 1 aromatic rings. The van der Waals surface area contributed by atoms with Gasteiger partial charge in [-0.25, -0.2) is 0 Å². The Morgan fingerprint density at radius 1 is 1.25 bits per heavy atom. The van der Waals surface area contributed by atoms with Crippen molar-refractivity contribution in [1.82, 2.24) is 9.80 Å². The molecule has 1 saturated heterocycles. The second kappa shape index (κ2) is 9.24. The van der Waals surface area contributed by atoms with Crippen LogP contribution in [0, 0.1) is 17.2 Å². The minimum absolute atomic E-state index is 0.0839. The van der Waals surface area contributed by atoms with E-state index in [1.807, 2.05) is 23.1 Å². The molecule has 0 N–H and O–H groups in total. The van der Waals surface area contributed by atoms with E-state index in [9.17, 15) is 4.79 Å². The monoisotopic (exact) mass is 325 g/mol. The summed E-state index contributed by atoms with van der Waals surface area (Å²) >= 11 is 0. The molecule has 0 saturated carbocycles. The average molecular weight is 325 g/mol. The van der Waals surface area contributed by atoms with Crippen molar-refractivity contribution in [1.29, 1.82) is 5.26 Å². The largest absolute Gasteiger partial charge is 0.339 e. The summed E-state index contributed by atoms with van der Waals surface area (Å²) in [5, 5.41) is 8.79. The van der Waals surface area contributed by atoms with Crippen molar-refractivity contribution in [3.05, 3.63) is 41.5 Å². The van der Waals surface area contributed by atoms with Crippen molar-refractivity contribution in [2.75, 3.05) is 32.7 Å². The van der Waals surface area contributed by atoms with Gasteiger partial charge in [-0.3, -0.25) is 4.79 Å². The van der Waals surface area contributed by atoms with Crippen LogP contribution in [0.5, 0.6) is 0 Å². The van der Waals surface area contributed by atoms with E-state index < -0.39 is 0 Å². The lowest BCUT2D eigenvalue weighted by molar-refractivity contribution is -0.127. The highest BCUT2D eigenvalue weighted by Crippen LogP contribution is 2.19. The number of benzene rings is 1. The lowest BCUT2D eigenvalue weighted by atomic mass is 9.96. The van der Waals surface area contributed by atoms with Gasteiger partial charge in [0.05, 0.1) is 11.6 Å². The molecule has 1 aliphatic rings. The first-order valence-electron chi connectivity index (χ1n) is 8.85. The zero-order chi connectivity index (χ0) is 17.4. The number of nitriles is 1. The molecule has 1 aromatic carbocycles. The Balaban J connectivity index is 1.81. The molecule has 4 heteroatoms. The summed E-state index contributed by atoms with van der Waals surface area (Å²) < 4.78 is 0. The van der Waals surface area contributed by atoms with Gasteiger partial charge in [-0.2, -0.15) is 5.26 Å². The summed E-state index contributed by atoms with van der Waals surface area (Å²) in [6.45, 7) is 9.46. The van der Waals surface area contributed by atoms with E-state index in [2.05, 4.69) is 24.8 Å². The van der Waals surface area contributed by atoms with Crippen molar-refractivity contribution in [3.8, 4) is 6.07 Å². The van der Waals surface area contributed by atoms with Gasteiger partial charge in [0.15, 0.2) is 0 Å². The van der Waals surface area contributed by atoms with Crippen LogP contribution in [0.3, 0.4) is 0 Å². The Bertz CT molecular complexity index is 588. The van der Waals surface area contributed by atoms with Gasteiger partial charge in [0.25, 0.3) is 0 Å². The molecule has 0 radical (unpaired) electrons. The first-order chi connectivity index (χ1) is 11.7. The van der Waals surface area contributed by atoms with E-state index in [0.29, 0.717) is 11.5 Å². The fraction of sp³-hybridized carbons (Fsp3) is 0.500. The summed E-state index contributed by atoms with van der Waals surface area (Å²) in [6.07, 6.45) is 5.65. The second-order valence-electron chi connectivity index (χ2n) is 6.32. The summed E-state index contributed by atoms with van der Waals surface area (Å²) in [6, 6.07) is 9.35. The molecule has 0 aromatic heterocycles. The van der Waals surface area contributed by atoms with E-state index >= 15 is 0 Å². The number of carbonyl (C=O) groups is 1. The van der Waals surface area contributed by atoms with Gasteiger partial charge < -0.3 is 9.80 Å². The first-order valence-corrected chi connectivity index (χ1v) is 8.85. The normalized spacial score (nSPS) is 15.8. The number of likely N-dealkylation sites (tertiary alicyclic amines) is 1. The standard InChI is InChI=1S/C20H27N3O/c1-3-22(4-2)16-19-11-13-23(14-12-19)20(24)10-9-17-5-7-18(15-21)8-6-17/h5-10,19H,3-4,11-14,16H2,1-2H3. The Hall–Kier alpha value is -2.12. The fourth-order valence-corrected chi connectivity index (χ4v) is 3.12. The van der Waals surface area contributed by atoms with Crippen LogP contribution in [0.1, 0.15) is 37.8 Å². The predicted molar refractivity (Wildman–Crippen MR) is 97.3 cm³/mol. The molecule has 1 heterocycles. The molecule has 4 nitrogen and oxygen atoms in total. The van der Waals surface area contributed by atoms with Crippen LogP contribution in [0.15, 0.2) is 30.3 Å². The van der Waals surface area contributed by atoms with Crippen LogP contribution in [0.2, 0.25) is 0 Å². The molecule has 24 heavy (non-hydrogen) atoms. The third kappa shape index (κ3) is 5.21. The van der Waals surface area contributed by atoms with Gasteiger partial charge >= 0.3 is 0 Å². The van der Waals surface area contributed by atoms with Crippen molar-refractivity contribution in [2.45, 2.75) is 26.7 Å².